The van der Waals surface area contributed by atoms with E-state index in [9.17, 15) is 27.2 Å². The summed E-state index contributed by atoms with van der Waals surface area (Å²) >= 11 is 0. The molecule has 212 valence electrons. The zero-order valence-corrected chi connectivity index (χ0v) is 22.5. The summed E-state index contributed by atoms with van der Waals surface area (Å²) in [5.74, 6) is -7.22. The van der Waals surface area contributed by atoms with Crippen molar-refractivity contribution in [2.24, 2.45) is 0 Å². The van der Waals surface area contributed by atoms with E-state index in [2.05, 4.69) is 13.8 Å². The van der Waals surface area contributed by atoms with Crippen molar-refractivity contribution in [2.75, 3.05) is 13.2 Å². The van der Waals surface area contributed by atoms with Crippen molar-refractivity contribution >= 4 is 11.9 Å². The summed E-state index contributed by atoms with van der Waals surface area (Å²) in [6, 6.07) is 7.79. The Hall–Kier alpha value is -2.90. The summed E-state index contributed by atoms with van der Waals surface area (Å²) in [4.78, 5) is 24.7. The summed E-state index contributed by atoms with van der Waals surface area (Å²) < 4.78 is 58.7. The number of hydrogen-bond acceptors (Lipinski definition) is 4. The Kier molecular flexibility index (Phi) is 17.5. The lowest BCUT2D eigenvalue weighted by Gasteiger charge is -2.10. The van der Waals surface area contributed by atoms with Gasteiger partial charge in [-0.1, -0.05) is 90.2 Å². The second-order valence-electron chi connectivity index (χ2n) is 9.01. The monoisotopic (exact) mass is 540 g/mol. The van der Waals surface area contributed by atoms with Gasteiger partial charge in [-0.3, -0.25) is 0 Å². The third-order valence-corrected chi connectivity index (χ3v) is 5.82. The number of carbonyl (C=O) groups is 2. The molecule has 0 saturated heterocycles. The van der Waals surface area contributed by atoms with E-state index in [0.717, 1.165) is 25.7 Å². The van der Waals surface area contributed by atoms with Crippen LogP contribution in [0, 0.1) is 23.3 Å². The van der Waals surface area contributed by atoms with Crippen LogP contribution in [0.2, 0.25) is 0 Å². The number of unbranched alkanes of at least 4 members (excludes halogenated alkanes) is 10. The first-order valence-corrected chi connectivity index (χ1v) is 13.6. The Morgan fingerprint density at radius 1 is 0.553 bits per heavy atom. The molecule has 0 bridgehead atoms. The van der Waals surface area contributed by atoms with Crippen LogP contribution >= 0.6 is 0 Å². The molecule has 2 rings (SSSR count). The van der Waals surface area contributed by atoms with Crippen molar-refractivity contribution in [1.82, 2.24) is 0 Å². The number of benzene rings is 2. The van der Waals surface area contributed by atoms with Gasteiger partial charge in [0.2, 0.25) is 0 Å². The predicted octanol–water partition coefficient (Wildman–Crippen LogP) is 8.96. The Bertz CT molecular complexity index is 889. The number of rotatable bonds is 16. The second kappa shape index (κ2) is 20.1. The zero-order chi connectivity index (χ0) is 28.2. The van der Waals surface area contributed by atoms with E-state index < -0.39 is 35.2 Å². The van der Waals surface area contributed by atoms with Gasteiger partial charge in [0, 0.05) is 0 Å². The SMILES string of the molecule is CCCCCCCCOC(=O)c1ccccc1C(=O)OCCCCCCCC.Fc1ccc(F)c(F)c1F. The van der Waals surface area contributed by atoms with Gasteiger partial charge in [-0.25, -0.2) is 27.2 Å². The third kappa shape index (κ3) is 13.1. The summed E-state index contributed by atoms with van der Waals surface area (Å²) in [5.41, 5.74) is 0.586. The van der Waals surface area contributed by atoms with Crippen LogP contribution in [0.5, 0.6) is 0 Å². The first-order valence-electron chi connectivity index (χ1n) is 13.6. The van der Waals surface area contributed by atoms with Crippen LogP contribution < -0.4 is 0 Å². The number of esters is 2. The first-order chi connectivity index (χ1) is 18.3. The van der Waals surface area contributed by atoms with Crippen LogP contribution in [-0.4, -0.2) is 25.2 Å². The fourth-order valence-electron chi connectivity index (χ4n) is 3.59. The van der Waals surface area contributed by atoms with Gasteiger partial charge in [0.05, 0.1) is 24.3 Å². The molecule has 4 nitrogen and oxygen atoms in total. The van der Waals surface area contributed by atoms with Gasteiger partial charge in [-0.15, -0.1) is 0 Å². The molecule has 0 aliphatic carbocycles. The molecule has 2 aromatic carbocycles. The summed E-state index contributed by atoms with van der Waals surface area (Å²) in [6.07, 6.45) is 13.6. The number of carbonyl (C=O) groups excluding carboxylic acids is 2. The van der Waals surface area contributed by atoms with Crippen LogP contribution in [0.25, 0.3) is 0 Å². The molecular formula is C30H40F4O4. The minimum absolute atomic E-state index is 0.293. The fraction of sp³-hybridized carbons (Fsp3) is 0.533. The molecule has 0 aliphatic rings. The van der Waals surface area contributed by atoms with E-state index in [1.54, 1.807) is 24.3 Å². The largest absolute Gasteiger partial charge is 0.462 e. The van der Waals surface area contributed by atoms with Gasteiger partial charge in [-0.05, 0) is 37.1 Å². The summed E-state index contributed by atoms with van der Waals surface area (Å²) in [6.45, 7) is 5.17. The molecule has 0 amide bonds. The van der Waals surface area contributed by atoms with Crippen molar-refractivity contribution < 1.29 is 36.6 Å². The maximum atomic E-state index is 12.4. The molecule has 0 radical (unpaired) electrons. The Morgan fingerprint density at radius 2 is 0.895 bits per heavy atom. The van der Waals surface area contributed by atoms with Crippen molar-refractivity contribution in [2.45, 2.75) is 90.9 Å². The molecule has 0 aromatic heterocycles. The van der Waals surface area contributed by atoms with Crippen molar-refractivity contribution in [3.63, 3.8) is 0 Å². The van der Waals surface area contributed by atoms with E-state index >= 15 is 0 Å². The average molecular weight is 541 g/mol. The maximum Gasteiger partial charge on any atom is 0.339 e. The highest BCUT2D eigenvalue weighted by atomic mass is 19.2. The maximum absolute atomic E-state index is 12.4. The Morgan fingerprint density at radius 3 is 1.26 bits per heavy atom. The lowest BCUT2D eigenvalue weighted by Crippen LogP contribution is -2.15. The molecule has 0 spiro atoms. The van der Waals surface area contributed by atoms with Gasteiger partial charge >= 0.3 is 11.9 Å². The highest BCUT2D eigenvalue weighted by molar-refractivity contribution is 6.03. The van der Waals surface area contributed by atoms with Gasteiger partial charge in [0.1, 0.15) is 0 Å². The van der Waals surface area contributed by atoms with Gasteiger partial charge in [-0.2, -0.15) is 0 Å². The van der Waals surface area contributed by atoms with Gasteiger partial charge < -0.3 is 9.47 Å². The third-order valence-electron chi connectivity index (χ3n) is 5.82. The van der Waals surface area contributed by atoms with E-state index in [4.69, 9.17) is 9.47 Å². The topological polar surface area (TPSA) is 52.6 Å². The molecule has 0 aliphatic heterocycles. The molecule has 0 heterocycles. The smallest absolute Gasteiger partial charge is 0.339 e. The van der Waals surface area contributed by atoms with E-state index in [0.29, 0.717) is 36.5 Å². The van der Waals surface area contributed by atoms with E-state index in [1.165, 1.54) is 51.4 Å². The summed E-state index contributed by atoms with van der Waals surface area (Å²) in [5, 5.41) is 0. The highest BCUT2D eigenvalue weighted by Gasteiger charge is 2.18. The number of halogens is 4. The van der Waals surface area contributed by atoms with Crippen LogP contribution in [0.1, 0.15) is 112 Å². The van der Waals surface area contributed by atoms with E-state index in [1.807, 2.05) is 0 Å². The molecule has 38 heavy (non-hydrogen) atoms. The fourth-order valence-corrected chi connectivity index (χ4v) is 3.59. The highest BCUT2D eigenvalue weighted by Crippen LogP contribution is 2.14. The lowest BCUT2D eigenvalue weighted by molar-refractivity contribution is 0.0450. The first kappa shape index (κ1) is 33.1. The quantitative estimate of drug-likeness (QED) is 0.0701. The molecule has 0 saturated carbocycles. The van der Waals surface area contributed by atoms with Crippen LogP contribution in [-0.2, 0) is 9.47 Å². The Balaban J connectivity index is 0.000000600. The van der Waals surface area contributed by atoms with E-state index in [-0.39, 0.29) is 0 Å². The van der Waals surface area contributed by atoms with Gasteiger partial charge in [0.15, 0.2) is 23.3 Å². The standard InChI is InChI=1S/C24H38O4.C6H2F4/c1-3-5-7-9-11-15-19-27-23(25)21-17-13-14-18-22(21)24(26)28-20-16-12-10-8-6-4-2;7-3-1-2-4(8)6(10)5(3)9/h13-14,17-18H,3-12,15-16,19-20H2,1-2H3;1-2H. The van der Waals surface area contributed by atoms with Crippen LogP contribution in [0.15, 0.2) is 36.4 Å². The van der Waals surface area contributed by atoms with Crippen molar-refractivity contribution in [1.29, 1.82) is 0 Å². The van der Waals surface area contributed by atoms with Crippen molar-refractivity contribution in [3.8, 4) is 0 Å². The average Bonchev–Trinajstić information content (AvgIpc) is 2.93. The normalized spacial score (nSPS) is 10.5. The molecule has 0 atom stereocenters. The summed E-state index contributed by atoms with van der Waals surface area (Å²) in [7, 11) is 0. The molecule has 0 fully saturated rings. The minimum Gasteiger partial charge on any atom is -0.462 e. The predicted molar refractivity (Wildman–Crippen MR) is 140 cm³/mol. The molecular weight excluding hydrogens is 500 g/mol. The Labute approximate surface area is 223 Å². The van der Waals surface area contributed by atoms with Crippen molar-refractivity contribution in [3.05, 3.63) is 70.8 Å². The van der Waals surface area contributed by atoms with Crippen LogP contribution in [0.3, 0.4) is 0 Å². The van der Waals surface area contributed by atoms with Crippen LogP contribution in [0.4, 0.5) is 17.6 Å². The zero-order valence-electron chi connectivity index (χ0n) is 22.5. The second-order valence-corrected chi connectivity index (χ2v) is 9.01. The minimum atomic E-state index is -1.78. The molecule has 0 unspecified atom stereocenters. The number of hydrogen-bond donors (Lipinski definition) is 0. The lowest BCUT2D eigenvalue weighted by atomic mass is 10.1. The van der Waals surface area contributed by atoms with Gasteiger partial charge in [0.25, 0.3) is 0 Å². The molecule has 8 heteroatoms. The number of ether oxygens (including phenoxy) is 2. The molecule has 0 N–H and O–H groups in total. The molecule has 2 aromatic rings.